The van der Waals surface area contributed by atoms with Crippen LogP contribution in [0.5, 0.6) is 0 Å². The van der Waals surface area contributed by atoms with Gasteiger partial charge in [-0.05, 0) is 35.2 Å². The van der Waals surface area contributed by atoms with Gasteiger partial charge in [-0.2, -0.15) is 0 Å². The molecule has 2 aromatic carbocycles. The highest BCUT2D eigenvalue weighted by atomic mass is 32.2. The Hall–Kier alpha value is -2.81. The zero-order valence-electron chi connectivity index (χ0n) is 16.0. The molecule has 0 aliphatic carbocycles. The lowest BCUT2D eigenvalue weighted by molar-refractivity contribution is 0.520. The summed E-state index contributed by atoms with van der Waals surface area (Å²) in [7, 11) is -0.471. The van der Waals surface area contributed by atoms with Crippen LogP contribution in [0.4, 0.5) is 5.82 Å². The second-order valence-electron chi connectivity index (χ2n) is 6.64. The Morgan fingerprint density at radius 1 is 0.966 bits per heavy atom. The minimum atomic E-state index is -3.54. The summed E-state index contributed by atoms with van der Waals surface area (Å²) in [4.78, 5) is 10.7. The van der Waals surface area contributed by atoms with Gasteiger partial charge in [-0.1, -0.05) is 36.4 Å². The highest BCUT2D eigenvalue weighted by Gasteiger charge is 2.20. The monoisotopic (exact) mass is 424 g/mol. The Labute approximate surface area is 173 Å². The first kappa shape index (κ1) is 19.5. The van der Waals surface area contributed by atoms with Gasteiger partial charge >= 0.3 is 0 Å². The first-order valence-corrected chi connectivity index (χ1v) is 11.3. The van der Waals surface area contributed by atoms with E-state index in [2.05, 4.69) is 10.3 Å². The first-order chi connectivity index (χ1) is 14.0. The molecule has 4 aromatic rings. The molecule has 148 valence electrons. The summed E-state index contributed by atoms with van der Waals surface area (Å²) >= 11 is 1.58. The summed E-state index contributed by atoms with van der Waals surface area (Å²) in [5, 5.41) is 6.21. The molecule has 0 spiro atoms. The number of hydrogen-bond donors (Lipinski definition) is 1. The molecule has 0 unspecified atom stereocenters. The van der Waals surface area contributed by atoms with Crippen LogP contribution in [0.25, 0.3) is 21.6 Å². The van der Waals surface area contributed by atoms with Gasteiger partial charge in [-0.25, -0.2) is 22.7 Å². The normalized spacial score (nSPS) is 11.8. The van der Waals surface area contributed by atoms with E-state index >= 15 is 0 Å². The second-order valence-corrected chi connectivity index (χ2v) is 9.71. The maximum absolute atomic E-state index is 12.7. The fourth-order valence-electron chi connectivity index (χ4n) is 3.00. The molecule has 2 aromatic heterocycles. The standard InChI is InChI=1S/C21H20N4O2S2/c1-25(2)29(26,27)19-12-6-3-8-15(19)14-22-20-16-9-4-5-10-17(16)23-21(24-20)18-11-7-13-28-18/h3-13H,14H2,1-2H3,(H,22,23,24). The van der Waals surface area contributed by atoms with Crippen LogP contribution < -0.4 is 5.32 Å². The van der Waals surface area contributed by atoms with Crippen LogP contribution in [0.3, 0.4) is 0 Å². The molecule has 0 aliphatic heterocycles. The first-order valence-electron chi connectivity index (χ1n) is 9.02. The highest BCUT2D eigenvalue weighted by Crippen LogP contribution is 2.28. The molecular weight excluding hydrogens is 404 g/mol. The van der Waals surface area contributed by atoms with Crippen LogP contribution in [0.15, 0.2) is 70.9 Å². The van der Waals surface area contributed by atoms with Gasteiger partial charge in [-0.3, -0.25) is 0 Å². The lowest BCUT2D eigenvalue weighted by Gasteiger charge is -2.16. The molecule has 4 rings (SSSR count). The Balaban J connectivity index is 1.73. The van der Waals surface area contributed by atoms with E-state index < -0.39 is 10.0 Å². The Morgan fingerprint density at radius 3 is 2.48 bits per heavy atom. The molecule has 8 heteroatoms. The molecule has 6 nitrogen and oxygen atoms in total. The maximum atomic E-state index is 12.7. The third-order valence-corrected chi connectivity index (χ3v) is 7.30. The molecule has 29 heavy (non-hydrogen) atoms. The van der Waals surface area contributed by atoms with Gasteiger partial charge in [0.15, 0.2) is 5.82 Å². The molecule has 0 amide bonds. The molecule has 0 radical (unpaired) electrons. The van der Waals surface area contributed by atoms with E-state index in [-0.39, 0.29) is 4.90 Å². The quantitative estimate of drug-likeness (QED) is 0.502. The SMILES string of the molecule is CN(C)S(=O)(=O)c1ccccc1CNc1nc(-c2cccs2)nc2ccccc12. The third-order valence-electron chi connectivity index (χ3n) is 4.52. The van der Waals surface area contributed by atoms with Gasteiger partial charge in [0, 0.05) is 26.0 Å². The van der Waals surface area contributed by atoms with Crippen molar-refractivity contribution in [2.75, 3.05) is 19.4 Å². The molecular formula is C21H20N4O2S2. The number of anilines is 1. The average Bonchev–Trinajstić information content (AvgIpc) is 3.27. The summed E-state index contributed by atoms with van der Waals surface area (Å²) in [6.07, 6.45) is 0. The van der Waals surface area contributed by atoms with Crippen molar-refractivity contribution in [3.63, 3.8) is 0 Å². The van der Waals surface area contributed by atoms with Gasteiger partial charge in [0.05, 0.1) is 15.3 Å². The minimum absolute atomic E-state index is 0.286. The molecule has 0 bridgehead atoms. The zero-order valence-corrected chi connectivity index (χ0v) is 17.7. The number of rotatable bonds is 6. The van der Waals surface area contributed by atoms with Crippen molar-refractivity contribution < 1.29 is 8.42 Å². The van der Waals surface area contributed by atoms with Crippen LogP contribution in [0.2, 0.25) is 0 Å². The summed E-state index contributed by atoms with van der Waals surface area (Å²) in [6, 6.07) is 18.7. The predicted molar refractivity (Wildman–Crippen MR) is 117 cm³/mol. The van der Waals surface area contributed by atoms with Gasteiger partial charge in [0.2, 0.25) is 10.0 Å². The van der Waals surface area contributed by atoms with Crippen molar-refractivity contribution in [1.29, 1.82) is 0 Å². The molecule has 0 atom stereocenters. The van der Waals surface area contributed by atoms with E-state index in [1.165, 1.54) is 18.4 Å². The highest BCUT2D eigenvalue weighted by molar-refractivity contribution is 7.89. The summed E-state index contributed by atoms with van der Waals surface area (Å²) in [5.74, 6) is 1.33. The van der Waals surface area contributed by atoms with Crippen LogP contribution in [-0.4, -0.2) is 36.8 Å². The predicted octanol–water partition coefficient (Wildman–Crippen LogP) is 4.22. The second kappa shape index (κ2) is 7.90. The van der Waals surface area contributed by atoms with Crippen molar-refractivity contribution in [2.45, 2.75) is 11.4 Å². The van der Waals surface area contributed by atoms with Crippen molar-refractivity contribution in [2.24, 2.45) is 0 Å². The topological polar surface area (TPSA) is 75.2 Å². The van der Waals surface area contributed by atoms with Crippen LogP contribution in [0.1, 0.15) is 5.56 Å². The lowest BCUT2D eigenvalue weighted by atomic mass is 10.2. The average molecular weight is 425 g/mol. The van der Waals surface area contributed by atoms with Crippen LogP contribution in [0, 0.1) is 0 Å². The number of benzene rings is 2. The lowest BCUT2D eigenvalue weighted by Crippen LogP contribution is -2.23. The number of aromatic nitrogens is 2. The van der Waals surface area contributed by atoms with Crippen LogP contribution >= 0.6 is 11.3 Å². The van der Waals surface area contributed by atoms with Gasteiger partial charge < -0.3 is 5.32 Å². The van der Waals surface area contributed by atoms with E-state index in [9.17, 15) is 8.42 Å². The van der Waals surface area contributed by atoms with Crippen molar-refractivity contribution in [3.8, 4) is 10.7 Å². The molecule has 0 fully saturated rings. The zero-order chi connectivity index (χ0) is 20.4. The maximum Gasteiger partial charge on any atom is 0.242 e. The summed E-state index contributed by atoms with van der Waals surface area (Å²) in [5.41, 5.74) is 1.52. The fourth-order valence-corrected chi connectivity index (χ4v) is 4.78. The van der Waals surface area contributed by atoms with Gasteiger partial charge in [0.1, 0.15) is 5.82 Å². The number of thiophene rings is 1. The van der Waals surface area contributed by atoms with Crippen molar-refractivity contribution in [1.82, 2.24) is 14.3 Å². The number of sulfonamides is 1. The number of hydrogen-bond acceptors (Lipinski definition) is 6. The molecule has 2 heterocycles. The molecule has 0 aliphatic rings. The third kappa shape index (κ3) is 3.87. The Morgan fingerprint density at radius 2 is 1.72 bits per heavy atom. The van der Waals surface area contributed by atoms with Gasteiger partial charge in [0.25, 0.3) is 0 Å². The molecule has 0 saturated carbocycles. The minimum Gasteiger partial charge on any atom is -0.365 e. The Bertz CT molecular complexity index is 1250. The van der Waals surface area contributed by atoms with Crippen LogP contribution in [-0.2, 0) is 16.6 Å². The number of nitrogens with one attached hydrogen (secondary N) is 1. The molecule has 1 N–H and O–H groups in total. The number of para-hydroxylation sites is 1. The number of fused-ring (bicyclic) bond motifs is 1. The van der Waals surface area contributed by atoms with Gasteiger partial charge in [-0.15, -0.1) is 11.3 Å². The fraction of sp³-hybridized carbons (Fsp3) is 0.143. The van der Waals surface area contributed by atoms with E-state index in [0.29, 0.717) is 23.8 Å². The largest absolute Gasteiger partial charge is 0.365 e. The van der Waals surface area contributed by atoms with Crippen molar-refractivity contribution in [3.05, 3.63) is 71.6 Å². The van der Waals surface area contributed by atoms with E-state index in [0.717, 1.165) is 15.8 Å². The smallest absolute Gasteiger partial charge is 0.242 e. The Kier molecular flexibility index (Phi) is 5.31. The van der Waals surface area contributed by atoms with E-state index in [4.69, 9.17) is 4.98 Å². The summed E-state index contributed by atoms with van der Waals surface area (Å²) < 4.78 is 26.5. The number of nitrogens with zero attached hydrogens (tertiary/aromatic N) is 3. The van der Waals surface area contributed by atoms with E-state index in [1.807, 2.05) is 53.9 Å². The molecule has 0 saturated heterocycles. The van der Waals surface area contributed by atoms with Crippen molar-refractivity contribution >= 4 is 38.1 Å². The summed E-state index contributed by atoms with van der Waals surface area (Å²) in [6.45, 7) is 0.328. The van der Waals surface area contributed by atoms with E-state index in [1.54, 1.807) is 23.5 Å².